The molecular weight excluding hydrogens is 264 g/mol. The second-order valence-electron chi connectivity index (χ2n) is 4.23. The number of imide groups is 1. The predicted octanol–water partition coefficient (Wildman–Crippen LogP) is -0.0428. The zero-order valence-electron chi connectivity index (χ0n) is 10.4. The zero-order chi connectivity index (χ0) is 14.0. The highest BCUT2D eigenvalue weighted by molar-refractivity contribution is 7.80. The second kappa shape index (κ2) is 5.31. The van der Waals surface area contributed by atoms with E-state index in [0.29, 0.717) is 17.8 Å². The first kappa shape index (κ1) is 13.4. The number of rotatable bonds is 3. The minimum absolute atomic E-state index is 0.137. The van der Waals surface area contributed by atoms with Gasteiger partial charge in [-0.2, -0.15) is 0 Å². The van der Waals surface area contributed by atoms with Crippen LogP contribution in [0.15, 0.2) is 18.3 Å². The first-order chi connectivity index (χ1) is 9.02. The van der Waals surface area contributed by atoms with E-state index in [4.69, 9.17) is 18.0 Å². The van der Waals surface area contributed by atoms with Gasteiger partial charge in [-0.25, -0.2) is 0 Å². The van der Waals surface area contributed by atoms with Gasteiger partial charge in [-0.1, -0.05) is 19.1 Å². The van der Waals surface area contributed by atoms with Crippen LogP contribution >= 0.6 is 12.2 Å². The molecule has 1 fully saturated rings. The average Bonchev–Trinajstić information content (AvgIpc) is 2.38. The van der Waals surface area contributed by atoms with Gasteiger partial charge in [0.2, 0.25) is 11.8 Å². The summed E-state index contributed by atoms with van der Waals surface area (Å²) in [4.78, 5) is 29.3. The summed E-state index contributed by atoms with van der Waals surface area (Å²) in [7, 11) is 0. The number of anilines is 1. The van der Waals surface area contributed by atoms with Crippen molar-refractivity contribution in [1.29, 1.82) is 0 Å². The van der Waals surface area contributed by atoms with E-state index in [1.165, 1.54) is 0 Å². The van der Waals surface area contributed by atoms with Gasteiger partial charge in [-0.05, 0) is 18.6 Å². The van der Waals surface area contributed by atoms with Crippen LogP contribution in [0, 0.1) is 0 Å². The van der Waals surface area contributed by atoms with Crippen molar-refractivity contribution in [3.63, 3.8) is 0 Å². The summed E-state index contributed by atoms with van der Waals surface area (Å²) in [5.74, 6) is -0.592. The highest BCUT2D eigenvalue weighted by atomic mass is 32.1. The summed E-state index contributed by atoms with van der Waals surface area (Å²) in [5, 5.41) is 2.33. The minimum Gasteiger partial charge on any atom is -0.388 e. The maximum Gasteiger partial charge on any atom is 0.249 e. The summed E-state index contributed by atoms with van der Waals surface area (Å²) < 4.78 is 0. The summed E-state index contributed by atoms with van der Waals surface area (Å²) in [6, 6.07) is 3.08. The number of hydrogen-bond acceptors (Lipinski definition) is 5. The summed E-state index contributed by atoms with van der Waals surface area (Å²) >= 11 is 4.83. The molecule has 1 aliphatic rings. The molecule has 0 saturated carbocycles. The highest BCUT2D eigenvalue weighted by Gasteiger charge is 2.32. The topological polar surface area (TPSA) is 88.3 Å². The Morgan fingerprint density at radius 1 is 1.58 bits per heavy atom. The van der Waals surface area contributed by atoms with Crippen molar-refractivity contribution in [3.05, 3.63) is 24.0 Å². The van der Waals surface area contributed by atoms with Crippen LogP contribution in [-0.2, 0) is 9.59 Å². The van der Waals surface area contributed by atoms with E-state index in [9.17, 15) is 9.59 Å². The Balaban J connectivity index is 2.29. The van der Waals surface area contributed by atoms with E-state index in [1.54, 1.807) is 23.2 Å². The van der Waals surface area contributed by atoms with Crippen LogP contribution < -0.4 is 16.0 Å². The van der Waals surface area contributed by atoms with Crippen LogP contribution in [0.5, 0.6) is 0 Å². The van der Waals surface area contributed by atoms with Gasteiger partial charge >= 0.3 is 0 Å². The number of nitrogens with zero attached hydrogens (tertiary/aromatic N) is 2. The molecule has 1 atom stereocenters. The Kier molecular flexibility index (Phi) is 3.75. The number of carbonyl (C=O) groups excluding carboxylic acids is 2. The molecule has 19 heavy (non-hydrogen) atoms. The van der Waals surface area contributed by atoms with Crippen molar-refractivity contribution in [2.45, 2.75) is 19.4 Å². The lowest BCUT2D eigenvalue weighted by Crippen LogP contribution is -2.58. The number of amides is 2. The Hall–Kier alpha value is -2.02. The molecule has 2 heterocycles. The second-order valence-corrected chi connectivity index (χ2v) is 4.67. The minimum atomic E-state index is -0.366. The number of carbonyl (C=O) groups is 2. The normalized spacial score (nSPS) is 19.2. The van der Waals surface area contributed by atoms with Crippen LogP contribution in [0.1, 0.15) is 19.0 Å². The lowest BCUT2D eigenvalue weighted by atomic mass is 10.1. The lowest BCUT2D eigenvalue weighted by molar-refractivity contribution is -0.132. The van der Waals surface area contributed by atoms with Crippen LogP contribution in [0.4, 0.5) is 5.69 Å². The molecule has 100 valence electrons. The van der Waals surface area contributed by atoms with Crippen LogP contribution in [0.25, 0.3) is 0 Å². The van der Waals surface area contributed by atoms with Crippen molar-refractivity contribution in [2.75, 3.05) is 11.4 Å². The Morgan fingerprint density at radius 3 is 2.84 bits per heavy atom. The van der Waals surface area contributed by atoms with Gasteiger partial charge in [-0.15, -0.1) is 0 Å². The molecule has 1 aromatic heterocycles. The number of piperazine rings is 1. The van der Waals surface area contributed by atoms with Crippen LogP contribution in [0.2, 0.25) is 0 Å². The number of aromatic nitrogens is 1. The SMILES string of the molecule is CCC1C(=O)NC(=O)CN1c1ccc(C(N)=S)nc1. The molecule has 1 unspecified atom stereocenters. The molecule has 6 nitrogen and oxygen atoms in total. The first-order valence-corrected chi connectivity index (χ1v) is 6.30. The van der Waals surface area contributed by atoms with Crippen molar-refractivity contribution < 1.29 is 9.59 Å². The third kappa shape index (κ3) is 2.70. The molecule has 2 amide bonds. The summed E-state index contributed by atoms with van der Waals surface area (Å²) in [5.41, 5.74) is 6.69. The smallest absolute Gasteiger partial charge is 0.249 e. The fourth-order valence-corrected chi connectivity index (χ4v) is 2.17. The third-order valence-corrected chi connectivity index (χ3v) is 3.18. The number of nitrogens with one attached hydrogen (secondary N) is 1. The van der Waals surface area contributed by atoms with Crippen molar-refractivity contribution >= 4 is 34.7 Å². The van der Waals surface area contributed by atoms with E-state index in [-0.39, 0.29) is 29.4 Å². The maximum absolute atomic E-state index is 11.8. The van der Waals surface area contributed by atoms with Gasteiger partial charge in [0.15, 0.2) is 0 Å². The quantitative estimate of drug-likeness (QED) is 0.595. The predicted molar refractivity (Wildman–Crippen MR) is 74.7 cm³/mol. The fraction of sp³-hybridized carbons (Fsp3) is 0.333. The first-order valence-electron chi connectivity index (χ1n) is 5.89. The van der Waals surface area contributed by atoms with E-state index in [0.717, 1.165) is 0 Å². The van der Waals surface area contributed by atoms with Crippen molar-refractivity contribution in [1.82, 2.24) is 10.3 Å². The van der Waals surface area contributed by atoms with E-state index in [1.807, 2.05) is 6.92 Å². The van der Waals surface area contributed by atoms with Gasteiger partial charge in [0.05, 0.1) is 24.1 Å². The molecule has 0 aliphatic carbocycles. The summed E-state index contributed by atoms with van der Waals surface area (Å²) in [6.07, 6.45) is 2.18. The number of nitrogens with two attached hydrogens (primary N) is 1. The van der Waals surface area contributed by atoms with E-state index in [2.05, 4.69) is 10.3 Å². The molecule has 2 rings (SSSR count). The monoisotopic (exact) mass is 278 g/mol. The van der Waals surface area contributed by atoms with E-state index < -0.39 is 0 Å². The number of pyridine rings is 1. The molecule has 3 N–H and O–H groups in total. The van der Waals surface area contributed by atoms with Gasteiger partial charge in [-0.3, -0.25) is 19.9 Å². The molecule has 0 bridgehead atoms. The largest absolute Gasteiger partial charge is 0.388 e. The summed E-state index contributed by atoms with van der Waals surface area (Å²) in [6.45, 7) is 2.03. The van der Waals surface area contributed by atoms with Gasteiger partial charge < -0.3 is 10.6 Å². The molecule has 1 aromatic rings. The average molecular weight is 278 g/mol. The maximum atomic E-state index is 11.8. The zero-order valence-corrected chi connectivity index (χ0v) is 11.2. The fourth-order valence-electron chi connectivity index (χ4n) is 2.05. The van der Waals surface area contributed by atoms with Crippen molar-refractivity contribution in [2.24, 2.45) is 5.73 Å². The Morgan fingerprint density at radius 2 is 2.32 bits per heavy atom. The number of hydrogen-bond donors (Lipinski definition) is 2. The van der Waals surface area contributed by atoms with Gasteiger partial charge in [0, 0.05) is 0 Å². The molecular formula is C12H14N4O2S. The Bertz CT molecular complexity index is 529. The van der Waals surface area contributed by atoms with Crippen LogP contribution in [0.3, 0.4) is 0 Å². The third-order valence-electron chi connectivity index (χ3n) is 2.97. The molecule has 0 radical (unpaired) electrons. The molecule has 7 heteroatoms. The molecule has 0 spiro atoms. The van der Waals surface area contributed by atoms with Gasteiger partial charge in [0.25, 0.3) is 0 Å². The highest BCUT2D eigenvalue weighted by Crippen LogP contribution is 2.20. The molecule has 1 aliphatic heterocycles. The van der Waals surface area contributed by atoms with Crippen LogP contribution in [-0.4, -0.2) is 34.4 Å². The van der Waals surface area contributed by atoms with Crippen molar-refractivity contribution in [3.8, 4) is 0 Å². The standard InChI is InChI=1S/C12H14N4O2S/c1-2-9-12(18)15-10(17)6-16(9)7-3-4-8(11(13)19)14-5-7/h3-5,9H,2,6H2,1H3,(H2,13,19)(H,15,17,18). The number of thiocarbonyl (C=S) groups is 1. The van der Waals surface area contributed by atoms with E-state index >= 15 is 0 Å². The molecule has 0 aromatic carbocycles. The molecule has 1 saturated heterocycles. The Labute approximate surface area is 116 Å². The van der Waals surface area contributed by atoms with Gasteiger partial charge in [0.1, 0.15) is 11.0 Å². The lowest BCUT2D eigenvalue weighted by Gasteiger charge is -2.34.